The lowest BCUT2D eigenvalue weighted by molar-refractivity contribution is 0.294. The number of aryl methyl sites for hydroxylation is 1. The first kappa shape index (κ1) is 16.5. The van der Waals surface area contributed by atoms with Gasteiger partial charge < -0.3 is 10.3 Å². The Labute approximate surface area is 128 Å². The third-order valence-corrected chi connectivity index (χ3v) is 5.89. The van der Waals surface area contributed by atoms with Gasteiger partial charge in [-0.15, -0.1) is 0 Å². The Morgan fingerprint density at radius 1 is 1.33 bits per heavy atom. The van der Waals surface area contributed by atoms with Gasteiger partial charge in [-0.1, -0.05) is 26.2 Å². The van der Waals surface area contributed by atoms with Crippen LogP contribution in [0.5, 0.6) is 0 Å². The molecule has 0 atom stereocenters. The van der Waals surface area contributed by atoms with Crippen LogP contribution < -0.4 is 10.5 Å². The summed E-state index contributed by atoms with van der Waals surface area (Å²) < 4.78 is 30.1. The van der Waals surface area contributed by atoms with Crippen LogP contribution in [0, 0.1) is 0 Å². The van der Waals surface area contributed by atoms with Crippen molar-refractivity contribution in [3.63, 3.8) is 0 Å². The third kappa shape index (κ3) is 3.87. The highest BCUT2D eigenvalue weighted by Gasteiger charge is 2.32. The van der Waals surface area contributed by atoms with Crippen molar-refractivity contribution < 1.29 is 8.42 Å². The summed E-state index contributed by atoms with van der Waals surface area (Å²) in [6.07, 6.45) is 7.85. The molecule has 120 valence electrons. The number of hydrogen-bond donors (Lipinski definition) is 2. The normalized spacial score (nSPS) is 18.8. The first-order valence-electron chi connectivity index (χ1n) is 7.83. The standard InChI is InChI=1S/C15H27N3O2S/c1-3-9-18-12-14(10-13(18)11-16)21(19,20)17-15(2)7-5-4-6-8-15/h10,12,17H,3-9,11,16H2,1-2H3. The molecule has 0 aliphatic heterocycles. The van der Waals surface area contributed by atoms with Crippen LogP contribution >= 0.6 is 0 Å². The van der Waals surface area contributed by atoms with Crippen LogP contribution in [0.4, 0.5) is 0 Å². The maximum absolute atomic E-state index is 12.6. The number of rotatable bonds is 6. The van der Waals surface area contributed by atoms with Gasteiger partial charge in [0.2, 0.25) is 10.0 Å². The summed E-state index contributed by atoms with van der Waals surface area (Å²) in [4.78, 5) is 0.336. The van der Waals surface area contributed by atoms with Gasteiger partial charge in [0.05, 0.1) is 4.90 Å². The molecule has 1 aliphatic carbocycles. The maximum atomic E-state index is 12.6. The molecule has 6 heteroatoms. The van der Waals surface area contributed by atoms with Crippen molar-refractivity contribution in [2.24, 2.45) is 5.73 Å². The SMILES string of the molecule is CCCn1cc(S(=O)(=O)NC2(C)CCCCC2)cc1CN. The molecule has 1 aromatic rings. The quantitative estimate of drug-likeness (QED) is 0.846. The summed E-state index contributed by atoms with van der Waals surface area (Å²) in [5, 5.41) is 0. The predicted octanol–water partition coefficient (Wildman–Crippen LogP) is 2.36. The highest BCUT2D eigenvalue weighted by Crippen LogP contribution is 2.29. The number of nitrogens with two attached hydrogens (primary N) is 1. The minimum Gasteiger partial charge on any atom is -0.349 e. The van der Waals surface area contributed by atoms with E-state index in [4.69, 9.17) is 5.73 Å². The van der Waals surface area contributed by atoms with Crippen LogP contribution in [0.1, 0.15) is 58.1 Å². The fraction of sp³-hybridized carbons (Fsp3) is 0.733. The number of aromatic nitrogens is 1. The monoisotopic (exact) mass is 313 g/mol. The molecular weight excluding hydrogens is 286 g/mol. The summed E-state index contributed by atoms with van der Waals surface area (Å²) in [5.41, 5.74) is 6.27. The van der Waals surface area contributed by atoms with E-state index in [0.717, 1.165) is 44.3 Å². The van der Waals surface area contributed by atoms with Crippen LogP contribution in [0.3, 0.4) is 0 Å². The van der Waals surface area contributed by atoms with Crippen molar-refractivity contribution in [2.45, 2.75) is 75.9 Å². The second kappa shape index (κ2) is 6.50. The fourth-order valence-electron chi connectivity index (χ4n) is 3.11. The number of nitrogens with zero attached hydrogens (tertiary/aromatic N) is 1. The second-order valence-electron chi connectivity index (χ2n) is 6.29. The van der Waals surface area contributed by atoms with E-state index in [-0.39, 0.29) is 5.54 Å². The van der Waals surface area contributed by atoms with E-state index in [1.165, 1.54) is 6.42 Å². The number of sulfonamides is 1. The van der Waals surface area contributed by atoms with Gasteiger partial charge >= 0.3 is 0 Å². The first-order chi connectivity index (χ1) is 9.90. The lowest BCUT2D eigenvalue weighted by Gasteiger charge is -2.33. The molecule has 1 aromatic heterocycles. The van der Waals surface area contributed by atoms with E-state index in [1.54, 1.807) is 12.3 Å². The highest BCUT2D eigenvalue weighted by molar-refractivity contribution is 7.89. The number of hydrogen-bond acceptors (Lipinski definition) is 3. The van der Waals surface area contributed by atoms with Crippen LogP contribution in [0.25, 0.3) is 0 Å². The van der Waals surface area contributed by atoms with Gasteiger partial charge in [0.15, 0.2) is 0 Å². The van der Waals surface area contributed by atoms with Gasteiger partial charge in [-0.2, -0.15) is 0 Å². The molecule has 1 heterocycles. The van der Waals surface area contributed by atoms with Gasteiger partial charge in [0.25, 0.3) is 0 Å². The molecule has 21 heavy (non-hydrogen) atoms. The average Bonchev–Trinajstić information content (AvgIpc) is 2.83. The first-order valence-corrected chi connectivity index (χ1v) is 9.31. The summed E-state index contributed by atoms with van der Waals surface area (Å²) >= 11 is 0. The molecule has 0 saturated heterocycles. The van der Waals surface area contributed by atoms with E-state index >= 15 is 0 Å². The Hall–Kier alpha value is -0.850. The molecule has 5 nitrogen and oxygen atoms in total. The van der Waals surface area contributed by atoms with E-state index in [1.807, 2.05) is 11.5 Å². The van der Waals surface area contributed by atoms with Crippen LogP contribution in [0.2, 0.25) is 0 Å². The molecule has 0 bridgehead atoms. The van der Waals surface area contributed by atoms with Gasteiger partial charge in [-0.25, -0.2) is 13.1 Å². The number of nitrogens with one attached hydrogen (secondary N) is 1. The Balaban J connectivity index is 2.22. The van der Waals surface area contributed by atoms with E-state index in [9.17, 15) is 8.42 Å². The van der Waals surface area contributed by atoms with Crippen molar-refractivity contribution in [2.75, 3.05) is 0 Å². The lowest BCUT2D eigenvalue weighted by Crippen LogP contribution is -2.46. The topological polar surface area (TPSA) is 77.1 Å². The van der Waals surface area contributed by atoms with Crippen molar-refractivity contribution in [3.05, 3.63) is 18.0 Å². The Morgan fingerprint density at radius 2 is 2.00 bits per heavy atom. The van der Waals surface area contributed by atoms with E-state index in [2.05, 4.69) is 11.6 Å². The zero-order valence-corrected chi connectivity index (χ0v) is 13.9. The molecule has 1 aliphatic rings. The summed E-state index contributed by atoms with van der Waals surface area (Å²) in [6.45, 7) is 5.22. The molecule has 0 aromatic carbocycles. The zero-order valence-electron chi connectivity index (χ0n) is 13.1. The van der Waals surface area contributed by atoms with E-state index < -0.39 is 10.0 Å². The molecule has 0 unspecified atom stereocenters. The lowest BCUT2D eigenvalue weighted by atomic mass is 9.84. The van der Waals surface area contributed by atoms with Crippen LogP contribution in [0.15, 0.2) is 17.2 Å². The molecule has 2 rings (SSSR count). The molecule has 0 radical (unpaired) electrons. The summed E-state index contributed by atoms with van der Waals surface area (Å²) in [6, 6.07) is 1.70. The largest absolute Gasteiger partial charge is 0.349 e. The molecular formula is C15H27N3O2S. The zero-order chi connectivity index (χ0) is 15.5. The predicted molar refractivity (Wildman–Crippen MR) is 84.4 cm³/mol. The van der Waals surface area contributed by atoms with Gasteiger partial charge in [0.1, 0.15) is 0 Å². The highest BCUT2D eigenvalue weighted by atomic mass is 32.2. The molecule has 0 spiro atoms. The van der Waals surface area contributed by atoms with Gasteiger partial charge in [-0.3, -0.25) is 0 Å². The Kier molecular flexibility index (Phi) is 5.11. The second-order valence-corrected chi connectivity index (χ2v) is 7.97. The van der Waals surface area contributed by atoms with Crippen LogP contribution in [-0.4, -0.2) is 18.5 Å². The molecule has 3 N–H and O–H groups in total. The van der Waals surface area contributed by atoms with Crippen molar-refractivity contribution in [1.82, 2.24) is 9.29 Å². The molecule has 1 saturated carbocycles. The van der Waals surface area contributed by atoms with Crippen molar-refractivity contribution in [3.8, 4) is 0 Å². The smallest absolute Gasteiger partial charge is 0.242 e. The molecule has 0 amide bonds. The van der Waals surface area contributed by atoms with Crippen molar-refractivity contribution in [1.29, 1.82) is 0 Å². The minimum absolute atomic E-state index is 0.313. The van der Waals surface area contributed by atoms with E-state index in [0.29, 0.717) is 11.4 Å². The van der Waals surface area contributed by atoms with Crippen molar-refractivity contribution >= 4 is 10.0 Å². The third-order valence-electron chi connectivity index (χ3n) is 4.28. The maximum Gasteiger partial charge on any atom is 0.242 e. The summed E-state index contributed by atoms with van der Waals surface area (Å²) in [5.74, 6) is 0. The Bertz CT molecular complexity index is 572. The van der Waals surface area contributed by atoms with Gasteiger partial charge in [-0.05, 0) is 32.3 Å². The van der Waals surface area contributed by atoms with Crippen LogP contribution in [-0.2, 0) is 23.1 Å². The average molecular weight is 313 g/mol. The Morgan fingerprint density at radius 3 is 2.57 bits per heavy atom. The fourth-order valence-corrected chi connectivity index (χ4v) is 4.64. The minimum atomic E-state index is -3.47. The summed E-state index contributed by atoms with van der Waals surface area (Å²) in [7, 11) is -3.47. The van der Waals surface area contributed by atoms with Gasteiger partial charge in [0, 0.05) is 30.5 Å². The molecule has 1 fully saturated rings.